The summed E-state index contributed by atoms with van der Waals surface area (Å²) in [6, 6.07) is 8.41. The van der Waals surface area contributed by atoms with Gasteiger partial charge in [0.1, 0.15) is 5.69 Å². The zero-order chi connectivity index (χ0) is 16.8. The molecule has 23 heavy (non-hydrogen) atoms. The van der Waals surface area contributed by atoms with Crippen molar-refractivity contribution < 1.29 is 5.11 Å². The highest BCUT2D eigenvalue weighted by molar-refractivity contribution is 5.51. The first-order chi connectivity index (χ1) is 11.2. The van der Waals surface area contributed by atoms with Crippen LogP contribution in [-0.2, 0) is 6.61 Å². The second-order valence-corrected chi connectivity index (χ2v) is 5.69. The molecule has 0 saturated carbocycles. The molecule has 0 bridgehead atoms. The van der Waals surface area contributed by atoms with Gasteiger partial charge in [-0.1, -0.05) is 19.1 Å². The first-order valence-electron chi connectivity index (χ1n) is 8.60. The Hall–Kier alpha value is -1.88. The number of rotatable bonds is 8. The van der Waals surface area contributed by atoms with Crippen LogP contribution < -0.4 is 4.90 Å². The number of hydrogen-bond donors (Lipinski definition) is 1. The summed E-state index contributed by atoms with van der Waals surface area (Å²) < 4.78 is 1.88. The Morgan fingerprint density at radius 2 is 1.65 bits per heavy atom. The second kappa shape index (κ2) is 8.11. The van der Waals surface area contributed by atoms with E-state index in [1.165, 1.54) is 5.69 Å². The highest BCUT2D eigenvalue weighted by Crippen LogP contribution is 2.28. The van der Waals surface area contributed by atoms with Crippen molar-refractivity contribution in [2.24, 2.45) is 0 Å². The molecule has 0 unspecified atom stereocenters. The van der Waals surface area contributed by atoms with Crippen molar-refractivity contribution in [1.82, 2.24) is 15.0 Å². The predicted molar refractivity (Wildman–Crippen MR) is 94.2 cm³/mol. The van der Waals surface area contributed by atoms with Crippen LogP contribution in [0.25, 0.3) is 5.69 Å². The van der Waals surface area contributed by atoms with Crippen LogP contribution in [0.2, 0.25) is 0 Å². The van der Waals surface area contributed by atoms with Crippen LogP contribution >= 0.6 is 0 Å². The van der Waals surface area contributed by atoms with Crippen molar-refractivity contribution in [1.29, 1.82) is 0 Å². The van der Waals surface area contributed by atoms with Crippen LogP contribution in [0.5, 0.6) is 0 Å². The Morgan fingerprint density at radius 1 is 1.04 bits per heavy atom. The Bertz CT molecular complexity index is 598. The van der Waals surface area contributed by atoms with Crippen LogP contribution in [-0.4, -0.2) is 33.2 Å². The van der Waals surface area contributed by atoms with Crippen molar-refractivity contribution in [3.8, 4) is 5.69 Å². The van der Waals surface area contributed by atoms with Crippen molar-refractivity contribution in [3.05, 3.63) is 35.7 Å². The zero-order valence-corrected chi connectivity index (χ0v) is 14.7. The van der Waals surface area contributed by atoms with Gasteiger partial charge in [0.25, 0.3) is 0 Å². The Balaban J connectivity index is 2.40. The van der Waals surface area contributed by atoms with Crippen LogP contribution in [0.4, 0.5) is 5.69 Å². The Labute approximate surface area is 138 Å². The summed E-state index contributed by atoms with van der Waals surface area (Å²) in [6.45, 7) is 10.6. The van der Waals surface area contributed by atoms with Gasteiger partial charge >= 0.3 is 0 Å². The van der Waals surface area contributed by atoms with E-state index < -0.39 is 0 Å². The maximum Gasteiger partial charge on any atom is 0.112 e. The Kier molecular flexibility index (Phi) is 6.16. The zero-order valence-electron chi connectivity index (χ0n) is 14.7. The number of hydrogen-bond acceptors (Lipinski definition) is 4. The highest BCUT2D eigenvalue weighted by atomic mass is 16.3. The molecule has 5 nitrogen and oxygen atoms in total. The number of benzene rings is 1. The first-order valence-corrected chi connectivity index (χ1v) is 8.60. The molecule has 1 heterocycles. The number of aromatic nitrogens is 3. The molecular formula is C18H28N4O. The van der Waals surface area contributed by atoms with Gasteiger partial charge in [-0.25, -0.2) is 4.68 Å². The average Bonchev–Trinajstić information content (AvgIpc) is 3.02. The second-order valence-electron chi connectivity index (χ2n) is 5.69. The van der Waals surface area contributed by atoms with E-state index in [9.17, 15) is 5.11 Å². The molecule has 5 heteroatoms. The monoisotopic (exact) mass is 316 g/mol. The van der Waals surface area contributed by atoms with Gasteiger partial charge in [-0.05, 0) is 51.0 Å². The summed E-state index contributed by atoms with van der Waals surface area (Å²) in [7, 11) is 0. The van der Waals surface area contributed by atoms with Crippen LogP contribution in [0.1, 0.15) is 57.8 Å². The third-order valence-electron chi connectivity index (χ3n) is 4.52. The lowest BCUT2D eigenvalue weighted by atomic mass is 9.97. The molecule has 0 aliphatic carbocycles. The summed E-state index contributed by atoms with van der Waals surface area (Å²) in [5.74, 6) is 0.356. The van der Waals surface area contributed by atoms with Gasteiger partial charge in [0.15, 0.2) is 0 Å². The van der Waals surface area contributed by atoms with E-state index in [1.807, 2.05) is 4.68 Å². The molecule has 2 aromatic rings. The summed E-state index contributed by atoms with van der Waals surface area (Å²) in [6.07, 6.45) is 2.02. The van der Waals surface area contributed by atoms with E-state index in [4.69, 9.17) is 0 Å². The molecule has 2 rings (SSSR count). The third-order valence-corrected chi connectivity index (χ3v) is 4.52. The number of aliphatic hydroxyl groups is 1. The summed E-state index contributed by atoms with van der Waals surface area (Å²) in [5, 5.41) is 18.0. The minimum atomic E-state index is -0.0661. The van der Waals surface area contributed by atoms with Crippen molar-refractivity contribution in [3.63, 3.8) is 0 Å². The summed E-state index contributed by atoms with van der Waals surface area (Å²) in [4.78, 5) is 2.31. The molecule has 0 atom stereocenters. The first kappa shape index (κ1) is 17.5. The van der Waals surface area contributed by atoms with Crippen LogP contribution in [0, 0.1) is 0 Å². The predicted octanol–water partition coefficient (Wildman–Crippen LogP) is 3.51. The van der Waals surface area contributed by atoms with Gasteiger partial charge in [-0.3, -0.25) is 0 Å². The molecule has 0 aliphatic rings. The molecule has 1 aromatic heterocycles. The van der Waals surface area contributed by atoms with Gasteiger partial charge in [0, 0.05) is 24.7 Å². The largest absolute Gasteiger partial charge is 0.390 e. The van der Waals surface area contributed by atoms with E-state index in [0.717, 1.165) is 37.3 Å². The smallest absolute Gasteiger partial charge is 0.112 e. The molecule has 0 fully saturated rings. The molecule has 0 amide bonds. The lowest BCUT2D eigenvalue weighted by Gasteiger charge is -2.21. The summed E-state index contributed by atoms with van der Waals surface area (Å²) >= 11 is 0. The number of anilines is 1. The quantitative estimate of drug-likeness (QED) is 0.810. The van der Waals surface area contributed by atoms with Crippen molar-refractivity contribution in [2.45, 2.75) is 53.1 Å². The Morgan fingerprint density at radius 3 is 2.13 bits per heavy atom. The minimum absolute atomic E-state index is 0.0661. The molecule has 1 N–H and O–H groups in total. The standard InChI is InChI=1S/C18H28N4O/c1-5-14(6-2)18-17(13-23)19-20-22(18)16-11-9-15(10-12-16)21(7-3)8-4/h9-12,14,23H,5-8,13H2,1-4H3. The van der Waals surface area contributed by atoms with Crippen molar-refractivity contribution in [2.75, 3.05) is 18.0 Å². The van der Waals surface area contributed by atoms with E-state index in [2.05, 4.69) is 67.2 Å². The molecule has 1 aromatic carbocycles. The van der Waals surface area contributed by atoms with Gasteiger partial charge in [-0.15, -0.1) is 5.10 Å². The van der Waals surface area contributed by atoms with E-state index in [-0.39, 0.29) is 6.61 Å². The lowest BCUT2D eigenvalue weighted by molar-refractivity contribution is 0.274. The highest BCUT2D eigenvalue weighted by Gasteiger charge is 2.20. The van der Waals surface area contributed by atoms with Gasteiger partial charge in [-0.2, -0.15) is 0 Å². The van der Waals surface area contributed by atoms with Gasteiger partial charge < -0.3 is 10.0 Å². The summed E-state index contributed by atoms with van der Waals surface area (Å²) in [5.41, 5.74) is 3.93. The van der Waals surface area contributed by atoms with Gasteiger partial charge in [0.2, 0.25) is 0 Å². The number of nitrogens with zero attached hydrogens (tertiary/aromatic N) is 4. The molecule has 0 aliphatic heterocycles. The minimum Gasteiger partial charge on any atom is -0.390 e. The lowest BCUT2D eigenvalue weighted by Crippen LogP contribution is -2.21. The van der Waals surface area contributed by atoms with Crippen molar-refractivity contribution >= 4 is 5.69 Å². The fourth-order valence-electron chi connectivity index (χ4n) is 3.10. The fraction of sp³-hybridized carbons (Fsp3) is 0.556. The molecule has 0 spiro atoms. The topological polar surface area (TPSA) is 54.2 Å². The van der Waals surface area contributed by atoms with E-state index >= 15 is 0 Å². The molecule has 0 saturated heterocycles. The maximum absolute atomic E-state index is 9.58. The third kappa shape index (κ3) is 3.55. The SMILES string of the molecule is CCC(CC)c1c(CO)nnn1-c1ccc(N(CC)CC)cc1. The maximum atomic E-state index is 9.58. The van der Waals surface area contributed by atoms with Gasteiger partial charge in [0.05, 0.1) is 18.0 Å². The normalized spacial score (nSPS) is 11.2. The molecule has 0 radical (unpaired) electrons. The molecular weight excluding hydrogens is 288 g/mol. The fourth-order valence-corrected chi connectivity index (χ4v) is 3.10. The van der Waals surface area contributed by atoms with Crippen LogP contribution in [0.15, 0.2) is 24.3 Å². The van der Waals surface area contributed by atoms with E-state index in [1.54, 1.807) is 0 Å². The van der Waals surface area contributed by atoms with Crippen LogP contribution in [0.3, 0.4) is 0 Å². The molecule has 126 valence electrons. The van der Waals surface area contributed by atoms with E-state index in [0.29, 0.717) is 11.6 Å². The number of aliphatic hydroxyl groups excluding tert-OH is 1. The average molecular weight is 316 g/mol.